The molecule has 538 valence electrons. The summed E-state index contributed by atoms with van der Waals surface area (Å²) in [5.41, 5.74) is 0. The zero-order chi connectivity index (χ0) is 68.8. The standard InChI is InChI=1S/C53H89N3O37/c1-15-20(68)6-53(80-14-64,92-41(15)31(70)21(69)7-57)93-46-34(73)24(10-60)83-51(40(46)79)89-44-27(13-63)86-49(30(37(44)76)56-19(5)67)91-47-38(77)32(71)22(8-58)84-52(47)90-45-33(72)23(9-59)82-50(39(45)78)88-43-26(12-62)85-48(29(36(43)75)55-18(4)66)87-42-25(11-61)81-16(2)28(35(42)74)54-17(3)65/h14-16,20-52,57-63,68-79H,6-13H2,1-5H3,(H,54,65)(H,55,66)(H,56,67)/t15-,16+,20-,21?,22?,23?,24?,25?,26?,27?,28?,29?,30?,31?,32-,33-,34+,35-,36-,37-,38?,39?,40?,41?,42-,43-,44-,45+,46+,47?,48+,49+,50+,51+,52-,53+/m1/s1. The van der Waals surface area contributed by atoms with Gasteiger partial charge in [0, 0.05) is 26.7 Å². The number of aliphatic hydroxyl groups is 19. The molecule has 22 N–H and O–H groups in total. The summed E-state index contributed by atoms with van der Waals surface area (Å²) < 4.78 is 81.9. The Balaban J connectivity index is 1.12. The average Bonchev–Trinajstić information content (AvgIpc) is 0.775. The molecule has 0 aromatic carbocycles. The van der Waals surface area contributed by atoms with E-state index in [0.717, 1.165) is 13.8 Å². The molecule has 93 heavy (non-hydrogen) atoms. The number of amides is 3. The van der Waals surface area contributed by atoms with Gasteiger partial charge in [0.1, 0.15) is 152 Å². The van der Waals surface area contributed by atoms with E-state index in [9.17, 15) is 116 Å². The van der Waals surface area contributed by atoms with Crippen LogP contribution in [0.4, 0.5) is 0 Å². The number of carbonyl (C=O) groups excluding carboxylic acids is 4. The Bertz CT molecular complexity index is 2380. The van der Waals surface area contributed by atoms with Crippen molar-refractivity contribution in [2.75, 3.05) is 46.2 Å². The van der Waals surface area contributed by atoms with Crippen LogP contribution in [0.3, 0.4) is 0 Å². The van der Waals surface area contributed by atoms with Gasteiger partial charge in [0.25, 0.3) is 6.47 Å². The fourth-order valence-corrected chi connectivity index (χ4v) is 12.3. The van der Waals surface area contributed by atoms with Gasteiger partial charge in [-0.05, 0) is 6.92 Å². The lowest BCUT2D eigenvalue weighted by Gasteiger charge is -2.51. The smallest absolute Gasteiger partial charge is 0.332 e. The third-order valence-corrected chi connectivity index (χ3v) is 17.2. The molecule has 36 atom stereocenters. The van der Waals surface area contributed by atoms with Crippen molar-refractivity contribution in [3.63, 3.8) is 0 Å². The Kier molecular flexibility index (Phi) is 27.7. The van der Waals surface area contributed by atoms with Gasteiger partial charge in [0.05, 0.1) is 77.0 Å². The predicted octanol–water partition coefficient (Wildman–Crippen LogP) is -14.2. The van der Waals surface area contributed by atoms with E-state index in [4.69, 9.17) is 66.3 Å². The molecule has 0 aromatic rings. The molecule has 0 saturated carbocycles. The Morgan fingerprint density at radius 1 is 0.462 bits per heavy atom. The first-order chi connectivity index (χ1) is 44.0. The number of aliphatic hydroxyl groups excluding tert-OH is 19. The lowest BCUT2D eigenvalue weighted by Crippen LogP contribution is -2.71. The minimum Gasteiger partial charge on any atom is -0.410 e. The number of hydrogen-bond donors (Lipinski definition) is 22. The van der Waals surface area contributed by atoms with Crippen molar-refractivity contribution in [1.82, 2.24) is 16.0 Å². The first-order valence-corrected chi connectivity index (χ1v) is 29.9. The summed E-state index contributed by atoms with van der Waals surface area (Å²) in [6, 6.07) is -4.75. The molecule has 40 heteroatoms. The largest absolute Gasteiger partial charge is 0.410 e. The van der Waals surface area contributed by atoms with Gasteiger partial charge in [-0.15, -0.1) is 0 Å². The van der Waals surface area contributed by atoms with Crippen molar-refractivity contribution in [1.29, 1.82) is 0 Å². The minimum absolute atomic E-state index is 0.221. The Morgan fingerprint density at radius 3 is 1.29 bits per heavy atom. The second-order valence-electron chi connectivity index (χ2n) is 23.7. The van der Waals surface area contributed by atoms with Gasteiger partial charge in [-0.2, -0.15) is 0 Å². The van der Waals surface area contributed by atoms with Crippen LogP contribution in [-0.4, -0.2) is 382 Å². The second kappa shape index (κ2) is 33.4. The molecule has 7 aliphatic heterocycles. The summed E-state index contributed by atoms with van der Waals surface area (Å²) in [6.45, 7) is -1.37. The Morgan fingerprint density at radius 2 is 0.839 bits per heavy atom. The zero-order valence-corrected chi connectivity index (χ0v) is 50.8. The normalized spacial score (nSPS) is 47.2. The summed E-state index contributed by atoms with van der Waals surface area (Å²) in [5.74, 6) is -6.18. The molecule has 7 fully saturated rings. The van der Waals surface area contributed by atoms with E-state index in [1.54, 1.807) is 0 Å². The lowest BCUT2D eigenvalue weighted by atomic mass is 9.87. The Labute approximate surface area is 529 Å². The number of ether oxygens (including phenoxy) is 14. The van der Waals surface area contributed by atoms with E-state index in [2.05, 4.69) is 16.0 Å². The third kappa shape index (κ3) is 17.0. The van der Waals surface area contributed by atoms with Gasteiger partial charge in [-0.3, -0.25) is 19.2 Å². The zero-order valence-electron chi connectivity index (χ0n) is 50.8. The molecule has 0 spiro atoms. The van der Waals surface area contributed by atoms with Crippen LogP contribution in [0, 0.1) is 5.92 Å². The molecule has 0 aliphatic carbocycles. The molecular formula is C53H89N3O37. The van der Waals surface area contributed by atoms with Crippen LogP contribution in [0.15, 0.2) is 0 Å². The summed E-state index contributed by atoms with van der Waals surface area (Å²) >= 11 is 0. The van der Waals surface area contributed by atoms with Crippen LogP contribution in [0.2, 0.25) is 0 Å². The van der Waals surface area contributed by atoms with Gasteiger partial charge < -0.3 is 179 Å². The van der Waals surface area contributed by atoms with Gasteiger partial charge in [-0.1, -0.05) is 6.92 Å². The highest BCUT2D eigenvalue weighted by Crippen LogP contribution is 2.42. The monoisotopic (exact) mass is 1360 g/mol. The first-order valence-electron chi connectivity index (χ1n) is 29.9. The molecule has 7 aliphatic rings. The first kappa shape index (κ1) is 77.0. The molecule has 7 rings (SSSR count). The van der Waals surface area contributed by atoms with Crippen molar-refractivity contribution < 1.29 is 183 Å². The van der Waals surface area contributed by atoms with Gasteiger partial charge in [0.15, 0.2) is 31.5 Å². The van der Waals surface area contributed by atoms with Crippen molar-refractivity contribution in [3.05, 3.63) is 0 Å². The number of rotatable bonds is 26. The van der Waals surface area contributed by atoms with Gasteiger partial charge >= 0.3 is 5.97 Å². The maximum atomic E-state index is 12.9. The third-order valence-electron chi connectivity index (χ3n) is 17.2. The summed E-state index contributed by atoms with van der Waals surface area (Å²) in [7, 11) is 0. The average molecular weight is 1360 g/mol. The summed E-state index contributed by atoms with van der Waals surface area (Å²) in [5, 5.41) is 217. The molecule has 16 unspecified atom stereocenters. The number of hydrogen-bond acceptors (Lipinski definition) is 37. The van der Waals surface area contributed by atoms with Crippen molar-refractivity contribution in [2.24, 2.45) is 5.92 Å². The number of nitrogens with one attached hydrogen (secondary N) is 3. The highest BCUT2D eigenvalue weighted by atomic mass is 16.9. The lowest BCUT2D eigenvalue weighted by molar-refractivity contribution is -0.448. The second-order valence-corrected chi connectivity index (χ2v) is 23.7. The van der Waals surface area contributed by atoms with Crippen LogP contribution in [0.25, 0.3) is 0 Å². The molecule has 0 bridgehead atoms. The van der Waals surface area contributed by atoms with Crippen molar-refractivity contribution in [2.45, 2.75) is 255 Å². The minimum atomic E-state index is -2.81. The molecule has 0 aromatic heterocycles. The topological polar surface area (TPSA) is 618 Å². The molecule has 7 saturated heterocycles. The molecule has 40 nitrogen and oxygen atoms in total. The van der Waals surface area contributed by atoms with Gasteiger partial charge in [-0.25, -0.2) is 0 Å². The quantitative estimate of drug-likeness (QED) is 0.0282. The number of carbonyl (C=O) groups is 4. The van der Waals surface area contributed by atoms with E-state index in [1.807, 2.05) is 0 Å². The highest BCUT2D eigenvalue weighted by molar-refractivity contribution is 5.74. The molecule has 7 heterocycles. The van der Waals surface area contributed by atoms with Gasteiger partial charge in [0.2, 0.25) is 17.7 Å². The van der Waals surface area contributed by atoms with Crippen LogP contribution in [0.1, 0.15) is 41.0 Å². The van der Waals surface area contributed by atoms with E-state index in [-0.39, 0.29) is 6.47 Å². The van der Waals surface area contributed by atoms with E-state index in [1.165, 1.54) is 20.8 Å². The fourth-order valence-electron chi connectivity index (χ4n) is 12.3. The summed E-state index contributed by atoms with van der Waals surface area (Å²) in [6.07, 6.45) is -60.5. The summed E-state index contributed by atoms with van der Waals surface area (Å²) in [4.78, 5) is 49.5. The van der Waals surface area contributed by atoms with E-state index in [0.29, 0.717) is 0 Å². The van der Waals surface area contributed by atoms with E-state index < -0.39 is 291 Å². The molecule has 3 amide bonds. The SMILES string of the molecule is CC(=O)NC1[C@H](O[C@@H]2C(CO)O[C@@H](C)C(NC(C)=O)[C@H]2O)OC(CO)[C@@H](O[C@@H]2OC(CO)[C@@H](O)[C@H](O[C@H]3OC(CO)[C@@H](O)C(O)C3O[C@@H]3OC(CO)[C@@H](O[C@@H]4OC(CO)[C@H](O)[C@H](O[C@]5(OC=O)C[C@@H](O)[C@@H](C)C(C(O)C(O)CO)O5)C4O)[C@H](O)C3NC(C)=O)C2O)[C@@H]1O. The fraction of sp³-hybridized carbons (Fsp3) is 0.925. The van der Waals surface area contributed by atoms with Crippen LogP contribution >= 0.6 is 0 Å². The van der Waals surface area contributed by atoms with Crippen molar-refractivity contribution >= 4 is 24.2 Å². The van der Waals surface area contributed by atoms with E-state index >= 15 is 0 Å². The molecular weight excluding hydrogens is 1270 g/mol. The van der Waals surface area contributed by atoms with Crippen LogP contribution in [-0.2, 0) is 85.5 Å². The van der Waals surface area contributed by atoms with Crippen molar-refractivity contribution in [3.8, 4) is 0 Å². The maximum Gasteiger partial charge on any atom is 0.332 e. The molecule has 0 radical (unpaired) electrons. The Hall–Kier alpha value is -3.40. The highest BCUT2D eigenvalue weighted by Gasteiger charge is 2.61. The maximum absolute atomic E-state index is 12.9. The van der Waals surface area contributed by atoms with Crippen LogP contribution in [0.5, 0.6) is 0 Å². The predicted molar refractivity (Wildman–Crippen MR) is 290 cm³/mol. The van der Waals surface area contributed by atoms with Crippen LogP contribution < -0.4 is 16.0 Å².